The fourth-order valence-corrected chi connectivity index (χ4v) is 3.92. The topological polar surface area (TPSA) is 127 Å². The minimum atomic E-state index is -1.22. The number of esters is 1. The number of unbranched alkanes of at least 4 members (excludes halogenated alkanes) is 1. The summed E-state index contributed by atoms with van der Waals surface area (Å²) in [7, 11) is 2.50. The highest BCUT2D eigenvalue weighted by atomic mass is 16.5. The van der Waals surface area contributed by atoms with Gasteiger partial charge in [0.25, 0.3) is 0 Å². The van der Waals surface area contributed by atoms with E-state index in [4.69, 9.17) is 9.47 Å². The van der Waals surface area contributed by atoms with Gasteiger partial charge in [0.2, 0.25) is 5.78 Å². The van der Waals surface area contributed by atoms with Crippen molar-refractivity contribution in [2.45, 2.75) is 32.6 Å². The Morgan fingerprint density at radius 1 is 1.03 bits per heavy atom. The molecule has 1 atom stereocenters. The Hall–Kier alpha value is -3.68. The highest BCUT2D eigenvalue weighted by Gasteiger charge is 2.38. The van der Waals surface area contributed by atoms with Gasteiger partial charge >= 0.3 is 5.97 Å². The molecule has 168 valence electrons. The van der Waals surface area contributed by atoms with Gasteiger partial charge in [-0.25, -0.2) is 0 Å². The van der Waals surface area contributed by atoms with Crippen LogP contribution in [0.2, 0.25) is 0 Å². The lowest BCUT2D eigenvalue weighted by Gasteiger charge is -2.23. The average molecular weight is 440 g/mol. The number of ketones is 3. The molecule has 2 aromatic carbocycles. The number of phenolic OH excluding ortho intramolecular Hbond substituents is 2. The Kier molecular flexibility index (Phi) is 6.62. The first-order valence-corrected chi connectivity index (χ1v) is 10.2. The number of hydrogen-bond donors (Lipinski definition) is 2. The van der Waals surface area contributed by atoms with Crippen LogP contribution < -0.4 is 4.74 Å². The van der Waals surface area contributed by atoms with Gasteiger partial charge < -0.3 is 19.7 Å². The summed E-state index contributed by atoms with van der Waals surface area (Å²) in [6.45, 7) is 1.91. The van der Waals surface area contributed by atoms with E-state index in [-0.39, 0.29) is 52.2 Å². The second-order valence-electron chi connectivity index (χ2n) is 7.54. The molecule has 1 unspecified atom stereocenters. The van der Waals surface area contributed by atoms with Gasteiger partial charge in [0, 0.05) is 12.0 Å². The number of ether oxygens (including phenoxy) is 2. The molecular weight excluding hydrogens is 416 g/mol. The second-order valence-corrected chi connectivity index (χ2v) is 7.54. The van der Waals surface area contributed by atoms with Crippen molar-refractivity contribution in [3.8, 4) is 17.2 Å². The number of aromatic hydroxyl groups is 2. The Balaban J connectivity index is 2.12. The third-order valence-corrected chi connectivity index (χ3v) is 5.61. The summed E-state index contributed by atoms with van der Waals surface area (Å²) < 4.78 is 9.95. The highest BCUT2D eigenvalue weighted by Crippen LogP contribution is 2.42. The molecule has 2 aromatic rings. The molecule has 3 rings (SSSR count). The molecule has 0 heterocycles. The molecule has 0 saturated carbocycles. The summed E-state index contributed by atoms with van der Waals surface area (Å²) >= 11 is 0. The van der Waals surface area contributed by atoms with E-state index in [9.17, 15) is 29.4 Å². The number of phenols is 2. The van der Waals surface area contributed by atoms with Gasteiger partial charge in [-0.1, -0.05) is 25.5 Å². The van der Waals surface area contributed by atoms with Crippen molar-refractivity contribution in [2.75, 3.05) is 14.2 Å². The molecule has 0 aromatic heterocycles. The summed E-state index contributed by atoms with van der Waals surface area (Å²) in [5, 5.41) is 21.5. The van der Waals surface area contributed by atoms with E-state index in [1.807, 2.05) is 6.92 Å². The molecule has 32 heavy (non-hydrogen) atoms. The number of methoxy groups -OCH3 is 2. The maximum atomic E-state index is 13.2. The van der Waals surface area contributed by atoms with Crippen molar-refractivity contribution >= 4 is 23.3 Å². The highest BCUT2D eigenvalue weighted by molar-refractivity contribution is 6.31. The lowest BCUT2D eigenvalue weighted by Crippen LogP contribution is -2.28. The van der Waals surface area contributed by atoms with Crippen LogP contribution in [0.5, 0.6) is 17.2 Å². The monoisotopic (exact) mass is 440 g/mol. The molecule has 0 saturated heterocycles. The number of Topliss-reactive ketones (excluding diaryl/α,β-unsaturated/α-hetero) is 1. The van der Waals surface area contributed by atoms with Crippen LogP contribution in [0.15, 0.2) is 24.3 Å². The molecule has 0 fully saturated rings. The zero-order valence-corrected chi connectivity index (χ0v) is 18.1. The van der Waals surface area contributed by atoms with E-state index in [1.54, 1.807) is 6.07 Å². The number of rotatable bonds is 8. The van der Waals surface area contributed by atoms with Crippen molar-refractivity contribution in [3.63, 3.8) is 0 Å². The minimum Gasteiger partial charge on any atom is -0.507 e. The van der Waals surface area contributed by atoms with E-state index < -0.39 is 35.0 Å². The van der Waals surface area contributed by atoms with Crippen LogP contribution in [-0.2, 0) is 20.7 Å². The quantitative estimate of drug-likeness (QED) is 0.311. The summed E-state index contributed by atoms with van der Waals surface area (Å²) in [6, 6.07) is 5.59. The first-order chi connectivity index (χ1) is 15.3. The molecule has 0 bridgehead atoms. The Morgan fingerprint density at radius 2 is 1.75 bits per heavy atom. The predicted molar refractivity (Wildman–Crippen MR) is 113 cm³/mol. The summed E-state index contributed by atoms with van der Waals surface area (Å²) in [5.74, 6) is -4.65. The summed E-state index contributed by atoms with van der Waals surface area (Å²) in [4.78, 5) is 51.1. The van der Waals surface area contributed by atoms with E-state index in [2.05, 4.69) is 0 Å². The first kappa shape index (κ1) is 23.0. The molecule has 0 aliphatic heterocycles. The summed E-state index contributed by atoms with van der Waals surface area (Å²) in [5.41, 5.74) is -0.703. The standard InChI is InChI=1S/C24H24O8/c1-4-5-8-15(25)14(24(30)32-3)10-12-11-16(26)19-20(21(12)27)23(29)18-13(22(19)28)7-6-9-17(18)31-2/h6-7,9,11,14,26-27H,4-5,8,10H2,1-3H3. The Labute approximate surface area is 184 Å². The van der Waals surface area contributed by atoms with Crippen LogP contribution in [0.1, 0.15) is 63.6 Å². The number of carbonyl (C=O) groups is 4. The van der Waals surface area contributed by atoms with E-state index >= 15 is 0 Å². The van der Waals surface area contributed by atoms with Crippen molar-refractivity contribution in [1.29, 1.82) is 0 Å². The molecule has 0 spiro atoms. The predicted octanol–water partition coefficient (Wildman–Crippen LogP) is 2.97. The fraction of sp³-hybridized carbons (Fsp3) is 0.333. The van der Waals surface area contributed by atoms with Crippen LogP contribution >= 0.6 is 0 Å². The number of fused-ring (bicyclic) bond motifs is 2. The largest absolute Gasteiger partial charge is 0.507 e. The maximum Gasteiger partial charge on any atom is 0.316 e. The molecule has 0 radical (unpaired) electrons. The number of hydrogen-bond acceptors (Lipinski definition) is 8. The minimum absolute atomic E-state index is 0.0130. The van der Waals surface area contributed by atoms with Gasteiger partial charge in [0.05, 0.1) is 30.9 Å². The van der Waals surface area contributed by atoms with E-state index in [0.29, 0.717) is 6.42 Å². The number of benzene rings is 2. The van der Waals surface area contributed by atoms with Crippen LogP contribution in [0, 0.1) is 5.92 Å². The van der Waals surface area contributed by atoms with Gasteiger partial charge in [-0.05, 0) is 30.5 Å². The molecule has 8 nitrogen and oxygen atoms in total. The third-order valence-electron chi connectivity index (χ3n) is 5.61. The molecule has 0 amide bonds. The molecular formula is C24H24O8. The van der Waals surface area contributed by atoms with Crippen molar-refractivity contribution in [3.05, 3.63) is 52.1 Å². The first-order valence-electron chi connectivity index (χ1n) is 10.2. The fourth-order valence-electron chi connectivity index (χ4n) is 3.92. The van der Waals surface area contributed by atoms with Gasteiger partial charge in [-0.15, -0.1) is 0 Å². The molecule has 1 aliphatic carbocycles. The molecule has 1 aliphatic rings. The SMILES string of the molecule is CCCCC(=O)C(Cc1cc(O)c2c(c1O)C(=O)c1c(OC)cccc1C2=O)C(=O)OC. The van der Waals surface area contributed by atoms with Gasteiger partial charge in [0.1, 0.15) is 28.9 Å². The Bertz CT molecular complexity index is 1120. The van der Waals surface area contributed by atoms with Crippen molar-refractivity contribution in [2.24, 2.45) is 5.92 Å². The van der Waals surface area contributed by atoms with Crippen molar-refractivity contribution in [1.82, 2.24) is 0 Å². The molecule has 2 N–H and O–H groups in total. The lowest BCUT2D eigenvalue weighted by atomic mass is 9.80. The van der Waals surface area contributed by atoms with Gasteiger partial charge in [-0.3, -0.25) is 19.2 Å². The summed E-state index contributed by atoms with van der Waals surface area (Å²) in [6.07, 6.45) is 1.19. The lowest BCUT2D eigenvalue weighted by molar-refractivity contribution is -0.149. The van der Waals surface area contributed by atoms with Gasteiger partial charge in [0.15, 0.2) is 5.78 Å². The Morgan fingerprint density at radius 3 is 2.38 bits per heavy atom. The van der Waals surface area contributed by atoms with Crippen LogP contribution in [0.4, 0.5) is 0 Å². The smallest absolute Gasteiger partial charge is 0.316 e. The zero-order chi connectivity index (χ0) is 23.6. The van der Waals surface area contributed by atoms with Gasteiger partial charge in [-0.2, -0.15) is 0 Å². The van der Waals surface area contributed by atoms with Crippen molar-refractivity contribution < 1.29 is 38.9 Å². The zero-order valence-electron chi connectivity index (χ0n) is 18.1. The van der Waals surface area contributed by atoms with Crippen LogP contribution in [0.25, 0.3) is 0 Å². The van der Waals surface area contributed by atoms with Crippen LogP contribution in [0.3, 0.4) is 0 Å². The van der Waals surface area contributed by atoms with E-state index in [1.165, 1.54) is 19.2 Å². The van der Waals surface area contributed by atoms with E-state index in [0.717, 1.165) is 19.6 Å². The van der Waals surface area contributed by atoms with Crippen LogP contribution in [-0.4, -0.2) is 47.8 Å². The average Bonchev–Trinajstić information content (AvgIpc) is 2.79. The number of carbonyl (C=O) groups excluding carboxylic acids is 4. The molecule has 8 heteroatoms. The third kappa shape index (κ3) is 3.84. The second kappa shape index (κ2) is 9.21. The normalized spacial score (nSPS) is 13.2. The maximum absolute atomic E-state index is 13.2.